The van der Waals surface area contributed by atoms with Crippen molar-refractivity contribution < 1.29 is 5.11 Å². The van der Waals surface area contributed by atoms with Crippen LogP contribution in [0.2, 0.25) is 0 Å². The summed E-state index contributed by atoms with van der Waals surface area (Å²) in [7, 11) is 0. The van der Waals surface area contributed by atoms with Crippen LogP contribution in [0, 0.1) is 0 Å². The fourth-order valence-electron chi connectivity index (χ4n) is 0.956. The van der Waals surface area contributed by atoms with Gasteiger partial charge < -0.3 is 16.2 Å². The molecule has 0 aliphatic heterocycles. The highest BCUT2D eigenvalue weighted by Gasteiger charge is 2.16. The molecule has 1 unspecified atom stereocenters. The molecular formula is C10H17N3O. The second-order valence-corrected chi connectivity index (χ2v) is 3.65. The molecule has 0 radical (unpaired) electrons. The van der Waals surface area contributed by atoms with Crippen molar-refractivity contribution in [3.63, 3.8) is 0 Å². The molecule has 0 aliphatic carbocycles. The Morgan fingerprint density at radius 2 is 2.29 bits per heavy atom. The SMILES string of the molecule is CCC(C)(O)CNc1cccc(N)n1. The van der Waals surface area contributed by atoms with Crippen LogP contribution >= 0.6 is 0 Å². The zero-order valence-electron chi connectivity index (χ0n) is 8.62. The van der Waals surface area contributed by atoms with E-state index in [9.17, 15) is 5.11 Å². The largest absolute Gasteiger partial charge is 0.388 e. The van der Waals surface area contributed by atoms with Crippen LogP contribution < -0.4 is 11.1 Å². The van der Waals surface area contributed by atoms with Gasteiger partial charge in [0.15, 0.2) is 0 Å². The average molecular weight is 195 g/mol. The highest BCUT2D eigenvalue weighted by molar-refractivity contribution is 5.42. The topological polar surface area (TPSA) is 71.2 Å². The molecule has 0 aromatic carbocycles. The summed E-state index contributed by atoms with van der Waals surface area (Å²) in [6.07, 6.45) is 0.697. The van der Waals surface area contributed by atoms with E-state index in [1.54, 1.807) is 13.0 Å². The molecule has 78 valence electrons. The minimum absolute atomic E-state index is 0.472. The molecular weight excluding hydrogens is 178 g/mol. The van der Waals surface area contributed by atoms with Crippen molar-refractivity contribution in [3.8, 4) is 0 Å². The molecule has 0 saturated heterocycles. The predicted octanol–water partition coefficient (Wildman–Crippen LogP) is 1.24. The maximum Gasteiger partial charge on any atom is 0.128 e. The van der Waals surface area contributed by atoms with Crippen LogP contribution in [0.15, 0.2) is 18.2 Å². The highest BCUT2D eigenvalue weighted by atomic mass is 16.3. The van der Waals surface area contributed by atoms with Gasteiger partial charge in [0.25, 0.3) is 0 Å². The van der Waals surface area contributed by atoms with Crippen LogP contribution in [0.25, 0.3) is 0 Å². The lowest BCUT2D eigenvalue weighted by Gasteiger charge is -2.21. The summed E-state index contributed by atoms with van der Waals surface area (Å²) in [4.78, 5) is 4.07. The molecule has 0 bridgehead atoms. The molecule has 0 spiro atoms. The summed E-state index contributed by atoms with van der Waals surface area (Å²) >= 11 is 0. The lowest BCUT2D eigenvalue weighted by Crippen LogP contribution is -2.32. The summed E-state index contributed by atoms with van der Waals surface area (Å²) in [6.45, 7) is 4.20. The van der Waals surface area contributed by atoms with Crippen molar-refractivity contribution in [2.24, 2.45) is 0 Å². The number of pyridine rings is 1. The van der Waals surface area contributed by atoms with Crippen LogP contribution in [0.4, 0.5) is 11.6 Å². The van der Waals surface area contributed by atoms with Crippen molar-refractivity contribution in [1.29, 1.82) is 0 Å². The number of nitrogen functional groups attached to an aromatic ring is 1. The standard InChI is InChI=1S/C10H17N3O/c1-3-10(2,14)7-12-9-6-4-5-8(11)13-9/h4-6,14H,3,7H2,1-2H3,(H3,11,12,13). The molecule has 4 nitrogen and oxygen atoms in total. The fraction of sp³-hybridized carbons (Fsp3) is 0.500. The highest BCUT2D eigenvalue weighted by Crippen LogP contribution is 2.11. The lowest BCUT2D eigenvalue weighted by molar-refractivity contribution is 0.0696. The first-order chi connectivity index (χ1) is 6.53. The van der Waals surface area contributed by atoms with Crippen molar-refractivity contribution in [1.82, 2.24) is 4.98 Å². The van der Waals surface area contributed by atoms with E-state index in [1.807, 2.05) is 19.1 Å². The molecule has 1 aromatic heterocycles. The molecule has 0 aliphatic rings. The van der Waals surface area contributed by atoms with E-state index in [0.717, 1.165) is 0 Å². The number of nitrogens with two attached hydrogens (primary N) is 1. The Kier molecular flexibility index (Phi) is 3.30. The van der Waals surface area contributed by atoms with Crippen molar-refractivity contribution >= 4 is 11.6 Å². The number of nitrogens with one attached hydrogen (secondary N) is 1. The maximum absolute atomic E-state index is 9.73. The van der Waals surface area contributed by atoms with Gasteiger partial charge in [-0.3, -0.25) is 0 Å². The summed E-state index contributed by atoms with van der Waals surface area (Å²) in [5.41, 5.74) is 4.81. The molecule has 1 atom stereocenters. The molecule has 1 aromatic rings. The Hall–Kier alpha value is -1.29. The maximum atomic E-state index is 9.73. The van der Waals surface area contributed by atoms with Gasteiger partial charge in [-0.1, -0.05) is 13.0 Å². The Morgan fingerprint density at radius 1 is 1.57 bits per heavy atom. The minimum Gasteiger partial charge on any atom is -0.388 e. The number of aliphatic hydroxyl groups is 1. The van der Waals surface area contributed by atoms with Crippen molar-refractivity contribution in [3.05, 3.63) is 18.2 Å². The van der Waals surface area contributed by atoms with Gasteiger partial charge in [-0.2, -0.15) is 0 Å². The van der Waals surface area contributed by atoms with Crippen LogP contribution in [-0.2, 0) is 0 Å². The van der Waals surface area contributed by atoms with Crippen LogP contribution in [0.3, 0.4) is 0 Å². The van der Waals surface area contributed by atoms with E-state index in [0.29, 0.717) is 24.6 Å². The first kappa shape index (κ1) is 10.8. The number of hydrogen-bond acceptors (Lipinski definition) is 4. The smallest absolute Gasteiger partial charge is 0.128 e. The Balaban J connectivity index is 2.54. The summed E-state index contributed by atoms with van der Waals surface area (Å²) in [5.74, 6) is 1.17. The van der Waals surface area contributed by atoms with E-state index in [1.165, 1.54) is 0 Å². The fourth-order valence-corrected chi connectivity index (χ4v) is 0.956. The number of anilines is 2. The van der Waals surface area contributed by atoms with Gasteiger partial charge in [0.2, 0.25) is 0 Å². The van der Waals surface area contributed by atoms with E-state index in [-0.39, 0.29) is 0 Å². The van der Waals surface area contributed by atoms with E-state index in [2.05, 4.69) is 10.3 Å². The predicted molar refractivity (Wildman–Crippen MR) is 58.1 cm³/mol. The molecule has 4 N–H and O–H groups in total. The van der Waals surface area contributed by atoms with Gasteiger partial charge in [0.1, 0.15) is 11.6 Å². The third kappa shape index (κ3) is 3.22. The number of nitrogens with zero attached hydrogens (tertiary/aromatic N) is 1. The van der Waals surface area contributed by atoms with Crippen molar-refractivity contribution in [2.45, 2.75) is 25.9 Å². The molecule has 0 amide bonds. The monoisotopic (exact) mass is 195 g/mol. The Morgan fingerprint density at radius 3 is 2.86 bits per heavy atom. The van der Waals surface area contributed by atoms with Crippen molar-refractivity contribution in [2.75, 3.05) is 17.6 Å². The van der Waals surface area contributed by atoms with Gasteiger partial charge in [-0.15, -0.1) is 0 Å². The number of aromatic nitrogens is 1. The number of hydrogen-bond donors (Lipinski definition) is 3. The molecule has 14 heavy (non-hydrogen) atoms. The van der Waals surface area contributed by atoms with E-state index in [4.69, 9.17) is 5.73 Å². The summed E-state index contributed by atoms with van der Waals surface area (Å²) in [6, 6.07) is 5.37. The normalized spacial score (nSPS) is 14.8. The Labute approximate surface area is 84.2 Å². The Bertz CT molecular complexity index is 299. The third-order valence-electron chi connectivity index (χ3n) is 2.18. The van der Waals surface area contributed by atoms with Gasteiger partial charge in [-0.05, 0) is 25.5 Å². The van der Waals surface area contributed by atoms with Gasteiger partial charge in [0.05, 0.1) is 5.60 Å². The lowest BCUT2D eigenvalue weighted by atomic mass is 10.0. The van der Waals surface area contributed by atoms with Crippen LogP contribution in [0.1, 0.15) is 20.3 Å². The summed E-state index contributed by atoms with van der Waals surface area (Å²) < 4.78 is 0. The minimum atomic E-state index is -0.702. The molecule has 0 fully saturated rings. The van der Waals surface area contributed by atoms with Crippen LogP contribution in [0.5, 0.6) is 0 Å². The third-order valence-corrected chi connectivity index (χ3v) is 2.18. The number of rotatable bonds is 4. The second kappa shape index (κ2) is 4.28. The molecule has 1 heterocycles. The quantitative estimate of drug-likeness (QED) is 0.676. The molecule has 1 rings (SSSR count). The van der Waals surface area contributed by atoms with Gasteiger partial charge in [-0.25, -0.2) is 4.98 Å². The first-order valence-corrected chi connectivity index (χ1v) is 4.72. The zero-order chi connectivity index (χ0) is 10.6. The average Bonchev–Trinajstić information content (AvgIpc) is 2.15. The van der Waals surface area contributed by atoms with Crippen LogP contribution in [-0.4, -0.2) is 22.2 Å². The second-order valence-electron chi connectivity index (χ2n) is 3.65. The molecule has 4 heteroatoms. The molecule has 0 saturated carbocycles. The first-order valence-electron chi connectivity index (χ1n) is 4.72. The van der Waals surface area contributed by atoms with Gasteiger partial charge >= 0.3 is 0 Å². The van der Waals surface area contributed by atoms with Gasteiger partial charge in [0, 0.05) is 6.54 Å². The zero-order valence-corrected chi connectivity index (χ0v) is 8.62. The summed E-state index contributed by atoms with van der Waals surface area (Å²) in [5, 5.41) is 12.8. The van der Waals surface area contributed by atoms with E-state index >= 15 is 0 Å². The van der Waals surface area contributed by atoms with E-state index < -0.39 is 5.60 Å².